The third-order valence-corrected chi connectivity index (χ3v) is 3.87. The summed E-state index contributed by atoms with van der Waals surface area (Å²) in [5, 5.41) is 19.4. The van der Waals surface area contributed by atoms with Gasteiger partial charge in [0, 0.05) is 23.4 Å². The van der Waals surface area contributed by atoms with E-state index in [0.717, 1.165) is 11.1 Å². The first-order valence-corrected chi connectivity index (χ1v) is 8.25. The lowest BCUT2D eigenvalue weighted by molar-refractivity contribution is -0.384. The lowest BCUT2D eigenvalue weighted by Crippen LogP contribution is -2.18. The molecule has 1 aromatic heterocycles. The van der Waals surface area contributed by atoms with Gasteiger partial charge in [-0.05, 0) is 29.3 Å². The highest BCUT2D eigenvalue weighted by atomic mass is 35.5. The van der Waals surface area contributed by atoms with Crippen LogP contribution in [0, 0.1) is 10.1 Å². The van der Waals surface area contributed by atoms with Crippen molar-refractivity contribution in [3.8, 4) is 0 Å². The lowest BCUT2D eigenvalue weighted by atomic mass is 10.2. The number of nitrogens with zero attached hydrogens (tertiary/aromatic N) is 4. The van der Waals surface area contributed by atoms with E-state index in [9.17, 15) is 14.9 Å². The normalized spacial score (nSPS) is 10.9. The summed E-state index contributed by atoms with van der Waals surface area (Å²) in [6, 6.07) is 14.7. The minimum atomic E-state index is -0.454. The van der Waals surface area contributed by atoms with Crippen LogP contribution in [0.15, 0.2) is 65.9 Å². The molecule has 27 heavy (non-hydrogen) atoms. The molecular weight excluding hydrogens is 370 g/mol. The number of aromatic nitrogens is 2. The van der Waals surface area contributed by atoms with Crippen LogP contribution >= 0.6 is 11.6 Å². The highest BCUT2D eigenvalue weighted by Gasteiger charge is 2.09. The summed E-state index contributed by atoms with van der Waals surface area (Å²) in [6.45, 7) is 0.388. The van der Waals surface area contributed by atoms with Crippen molar-refractivity contribution in [3.63, 3.8) is 0 Å². The summed E-state index contributed by atoms with van der Waals surface area (Å²) < 4.78 is 1.57. The average molecular weight is 384 g/mol. The van der Waals surface area contributed by atoms with E-state index in [1.165, 1.54) is 18.3 Å². The number of carbonyl (C=O) groups excluding carboxylic acids is 1. The predicted molar refractivity (Wildman–Crippen MR) is 101 cm³/mol. The molecule has 1 N–H and O–H groups in total. The summed E-state index contributed by atoms with van der Waals surface area (Å²) in [5.41, 5.74) is 4.27. The van der Waals surface area contributed by atoms with Gasteiger partial charge in [-0.1, -0.05) is 35.9 Å². The lowest BCUT2D eigenvalue weighted by Gasteiger charge is -2.01. The second kappa shape index (κ2) is 8.24. The molecule has 8 nitrogen and oxygen atoms in total. The molecule has 0 aliphatic carbocycles. The van der Waals surface area contributed by atoms with E-state index >= 15 is 0 Å². The zero-order chi connectivity index (χ0) is 19.2. The fourth-order valence-electron chi connectivity index (χ4n) is 2.25. The minimum Gasteiger partial charge on any atom is -0.268 e. The van der Waals surface area contributed by atoms with Gasteiger partial charge in [-0.25, -0.2) is 5.43 Å². The van der Waals surface area contributed by atoms with Crippen molar-refractivity contribution in [1.82, 2.24) is 15.2 Å². The maximum atomic E-state index is 12.1. The van der Waals surface area contributed by atoms with Gasteiger partial charge in [-0.2, -0.15) is 10.2 Å². The number of halogens is 1. The Balaban J connectivity index is 1.58. The quantitative estimate of drug-likeness (QED) is 0.401. The Morgan fingerprint density at radius 2 is 1.89 bits per heavy atom. The number of non-ortho nitro benzene ring substituents is 1. The summed E-state index contributed by atoms with van der Waals surface area (Å²) in [4.78, 5) is 22.3. The molecule has 2 aromatic carbocycles. The Labute approximate surface area is 159 Å². The fourth-order valence-corrected chi connectivity index (χ4v) is 2.38. The van der Waals surface area contributed by atoms with Gasteiger partial charge in [0.1, 0.15) is 0 Å². The highest BCUT2D eigenvalue weighted by molar-refractivity contribution is 6.30. The molecule has 0 bridgehead atoms. The molecule has 0 spiro atoms. The first-order valence-electron chi connectivity index (χ1n) is 7.87. The van der Waals surface area contributed by atoms with Crippen molar-refractivity contribution < 1.29 is 9.72 Å². The van der Waals surface area contributed by atoms with Gasteiger partial charge >= 0.3 is 0 Å². The number of nitro groups is 1. The van der Waals surface area contributed by atoms with Gasteiger partial charge in [-0.3, -0.25) is 19.6 Å². The molecule has 0 atom stereocenters. The Morgan fingerprint density at radius 3 is 2.56 bits per heavy atom. The number of hydrogen-bond acceptors (Lipinski definition) is 5. The molecule has 9 heteroatoms. The molecule has 0 radical (unpaired) electrons. The third kappa shape index (κ3) is 4.99. The van der Waals surface area contributed by atoms with Crippen LogP contribution in [0.2, 0.25) is 5.02 Å². The molecule has 3 rings (SSSR count). The van der Waals surface area contributed by atoms with Gasteiger partial charge in [0.25, 0.3) is 11.6 Å². The minimum absolute atomic E-state index is 0.0258. The predicted octanol–water partition coefficient (Wildman–Crippen LogP) is 3.26. The number of amides is 1. The van der Waals surface area contributed by atoms with E-state index in [4.69, 9.17) is 11.6 Å². The van der Waals surface area contributed by atoms with E-state index in [0.29, 0.717) is 11.6 Å². The van der Waals surface area contributed by atoms with E-state index < -0.39 is 10.8 Å². The van der Waals surface area contributed by atoms with E-state index in [-0.39, 0.29) is 11.4 Å². The Hall–Kier alpha value is -3.52. The maximum Gasteiger partial charge on any atom is 0.291 e. The summed E-state index contributed by atoms with van der Waals surface area (Å²) >= 11 is 5.80. The summed E-state index contributed by atoms with van der Waals surface area (Å²) in [7, 11) is 0. The second-order valence-corrected chi connectivity index (χ2v) is 6.01. The standard InChI is InChI=1S/C18H14ClN5O3/c19-15-5-1-13(2-6-15)11-20-21-18(25)17-9-10-23(22-17)12-14-3-7-16(8-4-14)24(26)27/h1-11H,12H2,(H,21,25)/b20-11+. The first-order chi connectivity index (χ1) is 13.0. The second-order valence-electron chi connectivity index (χ2n) is 5.57. The molecule has 3 aromatic rings. The van der Waals surface area contributed by atoms with E-state index in [1.807, 2.05) is 0 Å². The molecule has 0 fully saturated rings. The fraction of sp³-hybridized carbons (Fsp3) is 0.0556. The number of hydrogen-bond donors (Lipinski definition) is 1. The third-order valence-electron chi connectivity index (χ3n) is 3.61. The Morgan fingerprint density at radius 1 is 1.19 bits per heavy atom. The zero-order valence-corrected chi connectivity index (χ0v) is 14.7. The maximum absolute atomic E-state index is 12.1. The topological polar surface area (TPSA) is 102 Å². The Kier molecular flexibility index (Phi) is 5.58. The van der Waals surface area contributed by atoms with Crippen LogP contribution in [0.4, 0.5) is 5.69 Å². The average Bonchev–Trinajstić information content (AvgIpc) is 3.12. The van der Waals surface area contributed by atoms with Crippen LogP contribution in [-0.2, 0) is 6.54 Å². The molecule has 0 saturated carbocycles. The van der Waals surface area contributed by atoms with Crippen LogP contribution in [0.5, 0.6) is 0 Å². The molecule has 136 valence electrons. The number of hydrazone groups is 1. The zero-order valence-electron chi connectivity index (χ0n) is 13.9. The number of nitrogens with one attached hydrogen (secondary N) is 1. The number of carbonyl (C=O) groups is 1. The molecule has 0 aliphatic heterocycles. The molecular formula is C18H14ClN5O3. The molecule has 0 saturated heterocycles. The van der Waals surface area contributed by atoms with Gasteiger partial charge < -0.3 is 0 Å². The molecule has 0 unspecified atom stereocenters. The first kappa shape index (κ1) is 18.3. The van der Waals surface area contributed by atoms with E-state index in [2.05, 4.69) is 15.6 Å². The SMILES string of the molecule is O=C(N/N=C/c1ccc(Cl)cc1)c1ccn(Cc2ccc([N+](=O)[O-])cc2)n1. The largest absolute Gasteiger partial charge is 0.291 e. The van der Waals surface area contributed by atoms with Crippen molar-refractivity contribution in [2.75, 3.05) is 0 Å². The van der Waals surface area contributed by atoms with Crippen LogP contribution < -0.4 is 5.43 Å². The number of rotatable bonds is 6. The van der Waals surface area contributed by atoms with Crippen molar-refractivity contribution in [3.05, 3.63) is 92.8 Å². The smallest absolute Gasteiger partial charge is 0.268 e. The van der Waals surface area contributed by atoms with Crippen LogP contribution in [0.1, 0.15) is 21.6 Å². The summed E-state index contributed by atoms with van der Waals surface area (Å²) in [5.74, 6) is -0.442. The molecule has 1 amide bonds. The molecule has 1 heterocycles. The summed E-state index contributed by atoms with van der Waals surface area (Å²) in [6.07, 6.45) is 3.15. The van der Waals surface area contributed by atoms with Gasteiger partial charge in [0.15, 0.2) is 5.69 Å². The van der Waals surface area contributed by atoms with Crippen LogP contribution in [0.25, 0.3) is 0 Å². The Bertz CT molecular complexity index is 981. The number of nitro benzene ring substituents is 1. The van der Waals surface area contributed by atoms with Crippen molar-refractivity contribution >= 4 is 29.4 Å². The monoisotopic (exact) mass is 383 g/mol. The van der Waals surface area contributed by atoms with Gasteiger partial charge in [0.2, 0.25) is 0 Å². The van der Waals surface area contributed by atoms with Gasteiger partial charge in [0.05, 0.1) is 17.7 Å². The van der Waals surface area contributed by atoms with Crippen molar-refractivity contribution in [2.24, 2.45) is 5.10 Å². The van der Waals surface area contributed by atoms with Gasteiger partial charge in [-0.15, -0.1) is 0 Å². The number of benzene rings is 2. The van der Waals surface area contributed by atoms with Crippen LogP contribution in [-0.4, -0.2) is 26.8 Å². The van der Waals surface area contributed by atoms with Crippen molar-refractivity contribution in [1.29, 1.82) is 0 Å². The van der Waals surface area contributed by atoms with Crippen LogP contribution in [0.3, 0.4) is 0 Å². The van der Waals surface area contributed by atoms with E-state index in [1.54, 1.807) is 53.3 Å². The highest BCUT2D eigenvalue weighted by Crippen LogP contribution is 2.13. The molecule has 0 aliphatic rings. The van der Waals surface area contributed by atoms with Crippen molar-refractivity contribution in [2.45, 2.75) is 6.54 Å².